The SMILES string of the molecule is CC(C)(C)Nc1nc(-c2cc(F)cc(Br)c2)no1. The van der Waals surface area contributed by atoms with Crippen molar-refractivity contribution in [3.8, 4) is 11.4 Å². The van der Waals surface area contributed by atoms with Crippen LogP contribution in [0, 0.1) is 5.82 Å². The van der Waals surface area contributed by atoms with E-state index in [9.17, 15) is 4.39 Å². The highest BCUT2D eigenvalue weighted by molar-refractivity contribution is 9.10. The molecule has 0 saturated carbocycles. The lowest BCUT2D eigenvalue weighted by Gasteiger charge is -2.17. The van der Waals surface area contributed by atoms with Gasteiger partial charge in [-0.2, -0.15) is 4.98 Å². The maximum atomic E-state index is 13.3. The molecule has 1 N–H and O–H groups in total. The second-order valence-corrected chi connectivity index (χ2v) is 5.87. The third-order valence-corrected chi connectivity index (χ3v) is 2.49. The van der Waals surface area contributed by atoms with Crippen molar-refractivity contribution in [2.45, 2.75) is 26.3 Å². The average molecular weight is 314 g/mol. The van der Waals surface area contributed by atoms with Gasteiger partial charge in [-0.3, -0.25) is 0 Å². The van der Waals surface area contributed by atoms with Crippen LogP contribution in [0.1, 0.15) is 20.8 Å². The molecule has 1 aromatic heterocycles. The highest BCUT2D eigenvalue weighted by Gasteiger charge is 2.15. The first-order valence-corrected chi connectivity index (χ1v) is 6.21. The molecule has 6 heteroatoms. The molecule has 0 aliphatic rings. The molecular weight excluding hydrogens is 301 g/mol. The summed E-state index contributed by atoms with van der Waals surface area (Å²) < 4.78 is 19.0. The van der Waals surface area contributed by atoms with Crippen molar-refractivity contribution in [2.75, 3.05) is 5.32 Å². The van der Waals surface area contributed by atoms with Crippen LogP contribution < -0.4 is 5.32 Å². The van der Waals surface area contributed by atoms with Crippen LogP contribution in [0.15, 0.2) is 27.2 Å². The minimum absolute atomic E-state index is 0.174. The largest absolute Gasteiger partial charge is 0.333 e. The predicted molar refractivity (Wildman–Crippen MR) is 70.8 cm³/mol. The van der Waals surface area contributed by atoms with Crippen LogP contribution in [0.2, 0.25) is 0 Å². The van der Waals surface area contributed by atoms with Crippen molar-refractivity contribution in [3.05, 3.63) is 28.5 Å². The zero-order valence-electron chi connectivity index (χ0n) is 10.3. The van der Waals surface area contributed by atoms with Crippen molar-refractivity contribution in [1.29, 1.82) is 0 Å². The van der Waals surface area contributed by atoms with Gasteiger partial charge in [0.15, 0.2) is 0 Å². The highest BCUT2D eigenvalue weighted by Crippen LogP contribution is 2.24. The first-order chi connectivity index (χ1) is 8.33. The maximum Gasteiger partial charge on any atom is 0.322 e. The van der Waals surface area contributed by atoms with E-state index in [1.807, 2.05) is 20.8 Å². The Labute approximate surface area is 113 Å². The molecule has 1 heterocycles. The third-order valence-electron chi connectivity index (χ3n) is 2.03. The second-order valence-electron chi connectivity index (χ2n) is 4.96. The lowest BCUT2D eigenvalue weighted by molar-refractivity contribution is 0.420. The maximum absolute atomic E-state index is 13.3. The molecule has 4 nitrogen and oxygen atoms in total. The zero-order valence-corrected chi connectivity index (χ0v) is 11.9. The molecule has 0 spiro atoms. The van der Waals surface area contributed by atoms with E-state index in [1.54, 1.807) is 6.07 Å². The van der Waals surface area contributed by atoms with Gasteiger partial charge in [0.1, 0.15) is 5.82 Å². The van der Waals surface area contributed by atoms with Gasteiger partial charge in [-0.15, -0.1) is 0 Å². The van der Waals surface area contributed by atoms with Gasteiger partial charge in [0.25, 0.3) is 0 Å². The standard InChI is InChI=1S/C12H13BrFN3O/c1-12(2,3)16-11-15-10(17-18-11)7-4-8(13)6-9(14)5-7/h4-6H,1-3H3,(H,15,16,17). The average Bonchev–Trinajstić information content (AvgIpc) is 2.61. The molecule has 0 aliphatic carbocycles. The Hall–Kier alpha value is -1.43. The van der Waals surface area contributed by atoms with Crippen molar-refractivity contribution in [1.82, 2.24) is 10.1 Å². The fourth-order valence-electron chi connectivity index (χ4n) is 1.40. The number of hydrogen-bond acceptors (Lipinski definition) is 4. The number of hydrogen-bond donors (Lipinski definition) is 1. The highest BCUT2D eigenvalue weighted by atomic mass is 79.9. The van der Waals surface area contributed by atoms with Gasteiger partial charge in [0.2, 0.25) is 5.82 Å². The number of anilines is 1. The lowest BCUT2D eigenvalue weighted by atomic mass is 10.1. The van der Waals surface area contributed by atoms with E-state index in [1.165, 1.54) is 12.1 Å². The van der Waals surface area contributed by atoms with Crippen LogP contribution in [0.25, 0.3) is 11.4 Å². The smallest absolute Gasteiger partial charge is 0.322 e. The summed E-state index contributed by atoms with van der Waals surface area (Å²) in [6, 6.07) is 4.78. The summed E-state index contributed by atoms with van der Waals surface area (Å²) in [5.74, 6) is -0.00328. The van der Waals surface area contributed by atoms with E-state index >= 15 is 0 Å². The summed E-state index contributed by atoms with van der Waals surface area (Å²) in [7, 11) is 0. The molecule has 0 unspecified atom stereocenters. The molecule has 0 aliphatic heterocycles. The van der Waals surface area contributed by atoms with Crippen LogP contribution in [0.3, 0.4) is 0 Å². The summed E-state index contributed by atoms with van der Waals surface area (Å²) >= 11 is 3.22. The van der Waals surface area contributed by atoms with Crippen LogP contribution in [-0.2, 0) is 0 Å². The Morgan fingerprint density at radius 1 is 1.28 bits per heavy atom. The summed E-state index contributed by atoms with van der Waals surface area (Å²) in [6.45, 7) is 5.95. The van der Waals surface area contributed by atoms with Crippen molar-refractivity contribution >= 4 is 21.9 Å². The van der Waals surface area contributed by atoms with Crippen molar-refractivity contribution < 1.29 is 8.91 Å². The zero-order chi connectivity index (χ0) is 13.3. The Morgan fingerprint density at radius 2 is 2.00 bits per heavy atom. The van der Waals surface area contributed by atoms with Gasteiger partial charge in [-0.25, -0.2) is 4.39 Å². The summed E-state index contributed by atoms with van der Waals surface area (Å²) in [5.41, 5.74) is 0.388. The Kier molecular flexibility index (Phi) is 3.38. The molecule has 18 heavy (non-hydrogen) atoms. The van der Waals surface area contributed by atoms with Crippen LogP contribution in [0.5, 0.6) is 0 Å². The lowest BCUT2D eigenvalue weighted by Crippen LogP contribution is -2.26. The number of halogens is 2. The molecule has 0 radical (unpaired) electrons. The second kappa shape index (κ2) is 4.68. The van der Waals surface area contributed by atoms with Gasteiger partial charge in [0, 0.05) is 15.6 Å². The third kappa shape index (κ3) is 3.29. The van der Waals surface area contributed by atoms with E-state index in [0.717, 1.165) is 0 Å². The van der Waals surface area contributed by atoms with E-state index in [4.69, 9.17) is 4.52 Å². The number of nitrogens with zero attached hydrogens (tertiary/aromatic N) is 2. The van der Waals surface area contributed by atoms with Crippen LogP contribution in [-0.4, -0.2) is 15.7 Å². The van der Waals surface area contributed by atoms with E-state index in [-0.39, 0.29) is 11.4 Å². The van der Waals surface area contributed by atoms with Crippen LogP contribution in [0.4, 0.5) is 10.4 Å². The Morgan fingerprint density at radius 3 is 2.61 bits per heavy atom. The van der Waals surface area contributed by atoms with Gasteiger partial charge >= 0.3 is 6.01 Å². The van der Waals surface area contributed by atoms with E-state index < -0.39 is 0 Å². The molecule has 0 bridgehead atoms. The van der Waals surface area contributed by atoms with Crippen LogP contribution >= 0.6 is 15.9 Å². The molecule has 96 valence electrons. The topological polar surface area (TPSA) is 51.0 Å². The summed E-state index contributed by atoms with van der Waals surface area (Å²) in [5, 5.41) is 6.87. The number of nitrogens with one attached hydrogen (secondary N) is 1. The first-order valence-electron chi connectivity index (χ1n) is 5.42. The predicted octanol–water partition coefficient (Wildman–Crippen LogP) is 3.85. The molecule has 0 atom stereocenters. The van der Waals surface area contributed by atoms with E-state index in [0.29, 0.717) is 21.9 Å². The molecule has 0 fully saturated rings. The molecule has 0 saturated heterocycles. The molecule has 2 aromatic rings. The number of rotatable bonds is 2. The number of benzene rings is 1. The summed E-state index contributed by atoms with van der Waals surface area (Å²) in [4.78, 5) is 4.17. The minimum Gasteiger partial charge on any atom is -0.333 e. The van der Waals surface area contributed by atoms with Gasteiger partial charge in [-0.1, -0.05) is 21.1 Å². The fraction of sp³-hybridized carbons (Fsp3) is 0.333. The molecular formula is C12H13BrFN3O. The normalized spacial score (nSPS) is 11.6. The number of aromatic nitrogens is 2. The van der Waals surface area contributed by atoms with Crippen molar-refractivity contribution in [2.24, 2.45) is 0 Å². The quantitative estimate of drug-likeness (QED) is 0.915. The van der Waals surface area contributed by atoms with Gasteiger partial charge in [0.05, 0.1) is 0 Å². The van der Waals surface area contributed by atoms with Gasteiger partial charge < -0.3 is 9.84 Å². The Bertz CT molecular complexity index is 542. The molecule has 2 rings (SSSR count). The van der Waals surface area contributed by atoms with Gasteiger partial charge in [-0.05, 0) is 39.0 Å². The summed E-state index contributed by atoms with van der Waals surface area (Å²) in [6.07, 6.45) is 0. The van der Waals surface area contributed by atoms with Crippen molar-refractivity contribution in [3.63, 3.8) is 0 Å². The minimum atomic E-state index is -0.352. The molecule has 1 aromatic carbocycles. The first kappa shape index (κ1) is 13.0. The molecule has 0 amide bonds. The monoisotopic (exact) mass is 313 g/mol. The fourth-order valence-corrected chi connectivity index (χ4v) is 1.86. The Balaban J connectivity index is 2.29. The van der Waals surface area contributed by atoms with E-state index in [2.05, 4.69) is 31.4 Å².